The third kappa shape index (κ3) is 5.94. The summed E-state index contributed by atoms with van der Waals surface area (Å²) in [6, 6.07) is 71.0. The number of ether oxygens (including phenoxy) is 1. The van der Waals surface area contributed by atoms with Gasteiger partial charge in [0, 0.05) is 33.4 Å². The second-order valence-corrected chi connectivity index (χ2v) is 16.7. The number of fused-ring (bicyclic) bond motifs is 9. The van der Waals surface area contributed by atoms with Gasteiger partial charge in [0.2, 0.25) is 0 Å². The van der Waals surface area contributed by atoms with Crippen LogP contribution >= 0.6 is 0 Å². The second kappa shape index (κ2) is 14.9. The number of allylic oxidation sites excluding steroid dienone is 4. The minimum Gasteiger partial charge on any atom is -0.456 e. The molecule has 1 unspecified atom stereocenters. The highest BCUT2D eigenvalue weighted by Crippen LogP contribution is 2.63. The molecule has 0 radical (unpaired) electrons. The molecule has 2 heterocycles. The summed E-state index contributed by atoms with van der Waals surface area (Å²) in [5.41, 5.74) is 16.4. The Bertz CT molecular complexity index is 3130. The molecular weight excluding hydrogens is 767 g/mol. The fourth-order valence-corrected chi connectivity index (χ4v) is 10.2. The Morgan fingerprint density at radius 3 is 1.44 bits per heavy atom. The Kier molecular flexibility index (Phi) is 8.72. The van der Waals surface area contributed by atoms with Crippen molar-refractivity contribution in [2.75, 3.05) is 0 Å². The van der Waals surface area contributed by atoms with Crippen molar-refractivity contribution in [1.82, 2.24) is 15.0 Å². The normalized spacial score (nSPS) is 15.3. The van der Waals surface area contributed by atoms with E-state index in [9.17, 15) is 0 Å². The van der Waals surface area contributed by atoms with Crippen molar-refractivity contribution in [2.24, 2.45) is 5.92 Å². The van der Waals surface area contributed by atoms with Gasteiger partial charge in [0.1, 0.15) is 11.5 Å². The Balaban J connectivity index is 1.07. The van der Waals surface area contributed by atoms with E-state index >= 15 is 0 Å². The molecule has 63 heavy (non-hydrogen) atoms. The zero-order chi connectivity index (χ0) is 41.9. The molecule has 4 nitrogen and oxygen atoms in total. The monoisotopic (exact) mass is 807 g/mol. The fraction of sp³-hybridized carbons (Fsp3) is 0.0678. The number of benzene rings is 8. The van der Waals surface area contributed by atoms with Crippen LogP contribution in [0.25, 0.3) is 67.3 Å². The first-order valence-corrected chi connectivity index (χ1v) is 21.7. The molecule has 1 spiro atoms. The van der Waals surface area contributed by atoms with Gasteiger partial charge in [-0.1, -0.05) is 213 Å². The number of aromatic nitrogens is 3. The highest BCUT2D eigenvalue weighted by atomic mass is 16.5. The molecular formula is C59H41N3O. The van der Waals surface area contributed by atoms with E-state index in [-0.39, 0.29) is 5.92 Å². The van der Waals surface area contributed by atoms with Gasteiger partial charge in [0.15, 0.2) is 17.5 Å². The molecule has 1 aliphatic heterocycles. The van der Waals surface area contributed by atoms with Crippen LogP contribution in [-0.4, -0.2) is 15.0 Å². The first kappa shape index (κ1) is 36.9. The molecule has 8 aromatic carbocycles. The summed E-state index contributed by atoms with van der Waals surface area (Å²) in [7, 11) is 0. The Morgan fingerprint density at radius 2 is 0.857 bits per heavy atom. The number of para-hydroxylation sites is 2. The van der Waals surface area contributed by atoms with Gasteiger partial charge in [0.05, 0.1) is 5.41 Å². The predicted octanol–water partition coefficient (Wildman–Crippen LogP) is 14.5. The van der Waals surface area contributed by atoms with Gasteiger partial charge in [-0.3, -0.25) is 0 Å². The van der Waals surface area contributed by atoms with E-state index in [1.807, 2.05) is 12.1 Å². The Morgan fingerprint density at radius 1 is 0.413 bits per heavy atom. The van der Waals surface area contributed by atoms with Crippen molar-refractivity contribution in [3.8, 4) is 67.7 Å². The van der Waals surface area contributed by atoms with Gasteiger partial charge < -0.3 is 4.74 Å². The van der Waals surface area contributed by atoms with Crippen molar-refractivity contribution >= 4 is 11.1 Å². The lowest BCUT2D eigenvalue weighted by Gasteiger charge is -2.40. The van der Waals surface area contributed by atoms with E-state index in [1.54, 1.807) is 0 Å². The molecule has 298 valence electrons. The van der Waals surface area contributed by atoms with E-state index in [2.05, 4.69) is 207 Å². The molecule has 2 aliphatic carbocycles. The van der Waals surface area contributed by atoms with Crippen molar-refractivity contribution in [3.05, 3.63) is 246 Å². The van der Waals surface area contributed by atoms with Gasteiger partial charge in [-0.05, 0) is 68.5 Å². The lowest BCUT2D eigenvalue weighted by molar-refractivity contribution is 0.434. The molecule has 9 aromatic rings. The summed E-state index contributed by atoms with van der Waals surface area (Å²) >= 11 is 0. The van der Waals surface area contributed by atoms with Crippen LogP contribution in [0.4, 0.5) is 0 Å². The average molecular weight is 808 g/mol. The van der Waals surface area contributed by atoms with Gasteiger partial charge in [-0.15, -0.1) is 0 Å². The summed E-state index contributed by atoms with van der Waals surface area (Å²) < 4.78 is 7.18. The predicted molar refractivity (Wildman–Crippen MR) is 255 cm³/mol. The number of rotatable bonds is 6. The Hall–Kier alpha value is -7.95. The van der Waals surface area contributed by atoms with Crippen LogP contribution < -0.4 is 4.74 Å². The molecule has 12 rings (SSSR count). The quantitative estimate of drug-likeness (QED) is 0.168. The van der Waals surface area contributed by atoms with E-state index in [0.717, 1.165) is 79.1 Å². The summed E-state index contributed by atoms with van der Waals surface area (Å²) in [5, 5.41) is 0. The molecule has 1 aromatic heterocycles. The lowest BCUT2D eigenvalue weighted by atomic mass is 9.65. The molecule has 0 saturated carbocycles. The van der Waals surface area contributed by atoms with Gasteiger partial charge in [-0.2, -0.15) is 0 Å². The summed E-state index contributed by atoms with van der Waals surface area (Å²) in [5.74, 6) is 3.77. The highest BCUT2D eigenvalue weighted by molar-refractivity contribution is 5.99. The molecule has 0 fully saturated rings. The molecule has 1 atom stereocenters. The zero-order valence-corrected chi connectivity index (χ0v) is 34.7. The number of hydrogen-bond acceptors (Lipinski definition) is 4. The fourth-order valence-electron chi connectivity index (χ4n) is 10.2. The van der Waals surface area contributed by atoms with Crippen LogP contribution in [-0.2, 0) is 5.41 Å². The molecule has 3 aliphatic rings. The largest absolute Gasteiger partial charge is 0.456 e. The van der Waals surface area contributed by atoms with E-state index in [0.29, 0.717) is 17.5 Å². The van der Waals surface area contributed by atoms with Crippen LogP contribution in [0.1, 0.15) is 47.0 Å². The van der Waals surface area contributed by atoms with Crippen molar-refractivity contribution in [2.45, 2.75) is 18.8 Å². The van der Waals surface area contributed by atoms with Crippen LogP contribution in [0.5, 0.6) is 11.5 Å². The van der Waals surface area contributed by atoms with Gasteiger partial charge in [0.25, 0.3) is 0 Å². The maximum absolute atomic E-state index is 7.18. The third-order valence-electron chi connectivity index (χ3n) is 13.1. The first-order valence-electron chi connectivity index (χ1n) is 21.7. The second-order valence-electron chi connectivity index (χ2n) is 16.7. The van der Waals surface area contributed by atoms with Gasteiger partial charge >= 0.3 is 0 Å². The van der Waals surface area contributed by atoms with E-state index in [4.69, 9.17) is 19.7 Å². The number of nitrogens with zero attached hydrogens (tertiary/aromatic N) is 3. The van der Waals surface area contributed by atoms with E-state index < -0.39 is 5.41 Å². The SMILES string of the molecule is CC1CC=CC(c2nc(-c3ccc(-c4ccccc4)cc3)nc(-c3ccc(-c4ccccc4)cc3)n2)=C1c1cccc2c1Oc1ccccc1C21c2ccccc2-c2ccccc21. The molecule has 0 amide bonds. The maximum Gasteiger partial charge on any atom is 0.164 e. The Labute approximate surface area is 367 Å². The summed E-state index contributed by atoms with van der Waals surface area (Å²) in [6.45, 7) is 2.30. The van der Waals surface area contributed by atoms with Crippen molar-refractivity contribution < 1.29 is 4.74 Å². The average Bonchev–Trinajstić information content (AvgIpc) is 3.65. The minimum absolute atomic E-state index is 0.148. The van der Waals surface area contributed by atoms with Crippen molar-refractivity contribution in [1.29, 1.82) is 0 Å². The lowest BCUT2D eigenvalue weighted by Crippen LogP contribution is -2.32. The van der Waals surface area contributed by atoms with Crippen LogP contribution in [0.3, 0.4) is 0 Å². The molecule has 0 saturated heterocycles. The van der Waals surface area contributed by atoms with Crippen LogP contribution in [0.15, 0.2) is 212 Å². The summed E-state index contributed by atoms with van der Waals surface area (Å²) in [6.07, 6.45) is 5.34. The zero-order valence-electron chi connectivity index (χ0n) is 34.7. The maximum atomic E-state index is 7.18. The van der Waals surface area contributed by atoms with Crippen LogP contribution in [0.2, 0.25) is 0 Å². The first-order chi connectivity index (χ1) is 31.1. The summed E-state index contributed by atoms with van der Waals surface area (Å²) in [4.78, 5) is 15.9. The van der Waals surface area contributed by atoms with Crippen molar-refractivity contribution in [3.63, 3.8) is 0 Å². The minimum atomic E-state index is -0.562. The van der Waals surface area contributed by atoms with E-state index in [1.165, 1.54) is 22.3 Å². The molecule has 0 N–H and O–H groups in total. The smallest absolute Gasteiger partial charge is 0.164 e. The standard InChI is InChI=1S/C59H41N3O/c1-38-16-14-24-48(54(38)47-23-15-28-52-55(47)63-53-29-13-12-27-51(53)59(52)49-25-10-8-21-45(49)46-22-9-11-26-50(46)59)58-61-56(43-34-30-41(31-35-43)39-17-4-2-5-18-39)60-57(62-58)44-36-32-42(33-37-44)40-19-6-3-7-20-40/h2-15,17-38H,16H2,1H3. The third-order valence-corrected chi connectivity index (χ3v) is 13.1. The number of hydrogen-bond donors (Lipinski definition) is 0. The molecule has 4 heteroatoms. The highest BCUT2D eigenvalue weighted by Gasteiger charge is 2.51. The van der Waals surface area contributed by atoms with Crippen LogP contribution in [0, 0.1) is 5.92 Å². The topological polar surface area (TPSA) is 47.9 Å². The molecule has 0 bridgehead atoms. The van der Waals surface area contributed by atoms with Gasteiger partial charge in [-0.25, -0.2) is 15.0 Å².